The monoisotopic (exact) mass is 285 g/mol. The fraction of sp³-hybridized carbons (Fsp3) is 0.941. The average molecular weight is 285 g/mol. The predicted molar refractivity (Wildman–Crippen MR) is 85.8 cm³/mol. The Morgan fingerprint density at radius 2 is 1.65 bits per heavy atom. The molecule has 0 aromatic heterocycles. The third-order valence-electron chi connectivity index (χ3n) is 4.77. The van der Waals surface area contributed by atoms with Gasteiger partial charge < -0.3 is 10.1 Å². The van der Waals surface area contributed by atoms with Gasteiger partial charge in [0.05, 0.1) is 5.60 Å². The zero-order valence-corrected chi connectivity index (χ0v) is 14.6. The molecule has 20 heavy (non-hydrogen) atoms. The Morgan fingerprint density at radius 3 is 2.05 bits per heavy atom. The predicted octanol–water partition coefficient (Wildman–Crippen LogP) is 4.16. The Balaban J connectivity index is 4.28. The van der Waals surface area contributed by atoms with E-state index in [1.54, 1.807) is 0 Å². The Morgan fingerprint density at radius 1 is 1.10 bits per heavy atom. The van der Waals surface area contributed by atoms with Crippen molar-refractivity contribution in [2.75, 3.05) is 13.2 Å². The molecule has 0 aromatic carbocycles. The van der Waals surface area contributed by atoms with Crippen LogP contribution in [0.5, 0.6) is 0 Å². The Kier molecular flexibility index (Phi) is 8.41. The molecule has 0 fully saturated rings. The molecule has 0 spiro atoms. The van der Waals surface area contributed by atoms with E-state index in [9.17, 15) is 4.79 Å². The molecule has 3 nitrogen and oxygen atoms in total. The second-order valence-electron chi connectivity index (χ2n) is 6.79. The lowest BCUT2D eigenvalue weighted by Crippen LogP contribution is -2.44. The number of rotatable bonds is 10. The molecule has 0 radical (unpaired) electrons. The van der Waals surface area contributed by atoms with Crippen molar-refractivity contribution < 1.29 is 9.53 Å². The lowest BCUT2D eigenvalue weighted by molar-refractivity contribution is -0.126. The molecule has 0 aromatic rings. The molecule has 120 valence electrons. The second-order valence-corrected chi connectivity index (χ2v) is 6.79. The first-order chi connectivity index (χ1) is 9.22. The van der Waals surface area contributed by atoms with Gasteiger partial charge in [0, 0.05) is 19.1 Å². The highest BCUT2D eigenvalue weighted by Gasteiger charge is 2.26. The maximum Gasteiger partial charge on any atom is 0.222 e. The lowest BCUT2D eigenvalue weighted by Gasteiger charge is -2.32. The van der Waals surface area contributed by atoms with Gasteiger partial charge in [-0.25, -0.2) is 0 Å². The SMILES string of the molecule is CCC(C)(CC)CCOC(C)(CC)CNC(=O)C(C)C. The van der Waals surface area contributed by atoms with Gasteiger partial charge >= 0.3 is 0 Å². The van der Waals surface area contributed by atoms with Crippen molar-refractivity contribution in [3.63, 3.8) is 0 Å². The summed E-state index contributed by atoms with van der Waals surface area (Å²) in [6.07, 6.45) is 4.34. The fourth-order valence-corrected chi connectivity index (χ4v) is 1.90. The normalized spacial score (nSPS) is 15.2. The molecule has 0 aliphatic heterocycles. The molecule has 1 amide bonds. The van der Waals surface area contributed by atoms with Crippen molar-refractivity contribution in [1.82, 2.24) is 5.32 Å². The van der Waals surface area contributed by atoms with Crippen LogP contribution in [0.15, 0.2) is 0 Å². The number of hydrogen-bond donors (Lipinski definition) is 1. The summed E-state index contributed by atoms with van der Waals surface area (Å²) >= 11 is 0. The van der Waals surface area contributed by atoms with Crippen LogP contribution in [0.4, 0.5) is 0 Å². The molecule has 1 atom stereocenters. The molecule has 0 saturated carbocycles. The molecule has 0 rings (SSSR count). The summed E-state index contributed by atoms with van der Waals surface area (Å²) in [7, 11) is 0. The molecule has 0 heterocycles. The van der Waals surface area contributed by atoms with E-state index in [-0.39, 0.29) is 17.4 Å². The molecule has 0 aliphatic rings. The lowest BCUT2D eigenvalue weighted by atomic mass is 9.82. The molecule has 1 N–H and O–H groups in total. The summed E-state index contributed by atoms with van der Waals surface area (Å²) < 4.78 is 6.09. The van der Waals surface area contributed by atoms with Crippen LogP contribution in [0.1, 0.15) is 74.1 Å². The van der Waals surface area contributed by atoms with Crippen LogP contribution in [0.2, 0.25) is 0 Å². The van der Waals surface area contributed by atoms with Gasteiger partial charge in [0.25, 0.3) is 0 Å². The highest BCUT2D eigenvalue weighted by Crippen LogP contribution is 2.30. The molecule has 1 unspecified atom stereocenters. The topological polar surface area (TPSA) is 38.3 Å². The summed E-state index contributed by atoms with van der Waals surface area (Å²) in [5.74, 6) is 0.125. The molecular weight excluding hydrogens is 250 g/mol. The fourth-order valence-electron chi connectivity index (χ4n) is 1.90. The molecule has 0 bridgehead atoms. The smallest absolute Gasteiger partial charge is 0.222 e. The van der Waals surface area contributed by atoms with Crippen LogP contribution in [-0.2, 0) is 9.53 Å². The first-order valence-corrected chi connectivity index (χ1v) is 8.13. The zero-order chi connectivity index (χ0) is 15.8. The summed E-state index contributed by atoms with van der Waals surface area (Å²) in [4.78, 5) is 11.7. The highest BCUT2D eigenvalue weighted by atomic mass is 16.5. The highest BCUT2D eigenvalue weighted by molar-refractivity contribution is 5.77. The summed E-state index contributed by atoms with van der Waals surface area (Å²) in [6.45, 7) is 16.2. The van der Waals surface area contributed by atoms with E-state index >= 15 is 0 Å². The van der Waals surface area contributed by atoms with E-state index in [1.165, 1.54) is 12.8 Å². The maximum atomic E-state index is 11.7. The van der Waals surface area contributed by atoms with Crippen molar-refractivity contribution in [2.45, 2.75) is 79.8 Å². The number of carbonyl (C=O) groups excluding carboxylic acids is 1. The van der Waals surface area contributed by atoms with Crippen molar-refractivity contribution in [3.8, 4) is 0 Å². The summed E-state index contributed by atoms with van der Waals surface area (Å²) in [5, 5.41) is 2.99. The Bertz CT molecular complexity index is 285. The third kappa shape index (κ3) is 6.74. The standard InChI is InChI=1S/C17H35NO2/c1-8-16(6,9-2)11-12-20-17(7,10-3)13-18-15(19)14(4)5/h14H,8-13H2,1-7H3,(H,18,19). The van der Waals surface area contributed by atoms with Crippen molar-refractivity contribution in [1.29, 1.82) is 0 Å². The number of hydrogen-bond acceptors (Lipinski definition) is 2. The van der Waals surface area contributed by atoms with Crippen LogP contribution in [0.25, 0.3) is 0 Å². The third-order valence-corrected chi connectivity index (χ3v) is 4.77. The number of nitrogens with one attached hydrogen (secondary N) is 1. The van der Waals surface area contributed by atoms with Gasteiger partial charge in [-0.05, 0) is 25.2 Å². The number of amides is 1. The Labute approximate surface area is 125 Å². The van der Waals surface area contributed by atoms with Crippen LogP contribution >= 0.6 is 0 Å². The van der Waals surface area contributed by atoms with E-state index < -0.39 is 0 Å². The zero-order valence-electron chi connectivity index (χ0n) is 14.6. The molecule has 3 heteroatoms. The van der Waals surface area contributed by atoms with E-state index in [0.717, 1.165) is 19.4 Å². The minimum absolute atomic E-state index is 0.0274. The second kappa shape index (κ2) is 8.66. The minimum Gasteiger partial charge on any atom is -0.373 e. The van der Waals surface area contributed by atoms with E-state index in [4.69, 9.17) is 4.74 Å². The van der Waals surface area contributed by atoms with Crippen molar-refractivity contribution in [2.24, 2.45) is 11.3 Å². The summed E-state index contributed by atoms with van der Waals surface area (Å²) in [5.41, 5.74) is 0.114. The van der Waals surface area contributed by atoms with Crippen LogP contribution in [0, 0.1) is 11.3 Å². The van der Waals surface area contributed by atoms with Gasteiger partial charge in [-0.3, -0.25) is 4.79 Å². The largest absolute Gasteiger partial charge is 0.373 e. The van der Waals surface area contributed by atoms with Crippen molar-refractivity contribution >= 4 is 5.91 Å². The minimum atomic E-state index is -0.257. The van der Waals surface area contributed by atoms with Crippen molar-refractivity contribution in [3.05, 3.63) is 0 Å². The summed E-state index contributed by atoms with van der Waals surface area (Å²) in [6, 6.07) is 0. The molecule has 0 saturated heterocycles. The first kappa shape index (κ1) is 19.4. The first-order valence-electron chi connectivity index (χ1n) is 8.13. The Hall–Kier alpha value is -0.570. The van der Waals surface area contributed by atoms with E-state index in [0.29, 0.717) is 12.0 Å². The van der Waals surface area contributed by atoms with Gasteiger partial charge in [0.2, 0.25) is 5.91 Å². The molecule has 0 aliphatic carbocycles. The average Bonchev–Trinajstić information content (AvgIpc) is 2.44. The van der Waals surface area contributed by atoms with E-state index in [2.05, 4.69) is 39.9 Å². The quantitative estimate of drug-likeness (QED) is 0.654. The van der Waals surface area contributed by atoms with Gasteiger partial charge in [0.1, 0.15) is 0 Å². The van der Waals surface area contributed by atoms with Gasteiger partial charge in [-0.2, -0.15) is 0 Å². The number of ether oxygens (including phenoxy) is 1. The van der Waals surface area contributed by atoms with Gasteiger partial charge in [0.15, 0.2) is 0 Å². The van der Waals surface area contributed by atoms with Gasteiger partial charge in [-0.1, -0.05) is 54.4 Å². The van der Waals surface area contributed by atoms with Crippen LogP contribution in [-0.4, -0.2) is 24.7 Å². The van der Waals surface area contributed by atoms with Crippen LogP contribution < -0.4 is 5.32 Å². The van der Waals surface area contributed by atoms with Crippen LogP contribution in [0.3, 0.4) is 0 Å². The molecular formula is C17H35NO2. The van der Waals surface area contributed by atoms with E-state index in [1.807, 2.05) is 13.8 Å². The van der Waals surface area contributed by atoms with Gasteiger partial charge in [-0.15, -0.1) is 0 Å². The maximum absolute atomic E-state index is 11.7. The number of carbonyl (C=O) groups is 1.